The third-order valence-corrected chi connectivity index (χ3v) is 6.74. The maximum atomic E-state index is 5.81. The number of anilines is 4. The first-order chi connectivity index (χ1) is 19.2. The van der Waals surface area contributed by atoms with Crippen LogP contribution in [0, 0.1) is 0 Å². The minimum Gasteiger partial charge on any atom is -0.494 e. The van der Waals surface area contributed by atoms with Crippen molar-refractivity contribution in [3.8, 4) is 17.1 Å². The average molecular weight is 547 g/mol. The lowest BCUT2D eigenvalue weighted by molar-refractivity contribution is 0.413. The molecule has 0 amide bonds. The molecule has 0 saturated heterocycles. The van der Waals surface area contributed by atoms with Gasteiger partial charge in [-0.1, -0.05) is 12.7 Å². The number of nitrogens with zero attached hydrogens (tertiary/aromatic N) is 8. The molecule has 0 spiro atoms. The lowest BCUT2D eigenvalue weighted by Crippen LogP contribution is -2.29. The number of likely N-dealkylation sites (N-methyl/N-ethyl adjacent to an activating group) is 3. The molecule has 0 fully saturated rings. The number of fused-ring (bicyclic) bond motifs is 1. The topological polar surface area (TPSA) is 99.5 Å². The lowest BCUT2D eigenvalue weighted by Gasteiger charge is -2.26. The Hall–Kier alpha value is -3.96. The number of aromatic nitrogens is 5. The number of allylic oxidation sites excluding steroid dienone is 1. The lowest BCUT2D eigenvalue weighted by atomic mass is 10.1. The van der Waals surface area contributed by atoms with Gasteiger partial charge in [-0.25, -0.2) is 9.97 Å². The Kier molecular flexibility index (Phi) is 9.73. The molecule has 0 bridgehead atoms. The van der Waals surface area contributed by atoms with Gasteiger partial charge in [0.25, 0.3) is 0 Å². The molecule has 0 aliphatic carbocycles. The number of benzene rings is 1. The van der Waals surface area contributed by atoms with Gasteiger partial charge >= 0.3 is 0 Å². The van der Waals surface area contributed by atoms with Crippen molar-refractivity contribution in [3.05, 3.63) is 54.8 Å². The summed E-state index contributed by atoms with van der Waals surface area (Å²) in [4.78, 5) is 20.1. The van der Waals surface area contributed by atoms with Crippen LogP contribution in [0.1, 0.15) is 18.5 Å². The van der Waals surface area contributed by atoms with E-state index in [9.17, 15) is 0 Å². The Morgan fingerprint density at radius 3 is 2.65 bits per heavy atom. The minimum atomic E-state index is 0.434. The number of methoxy groups -OCH3 is 1. The molecule has 0 atom stereocenters. The fourth-order valence-electron chi connectivity index (χ4n) is 4.56. The van der Waals surface area contributed by atoms with Crippen LogP contribution in [-0.2, 0) is 13.0 Å². The van der Waals surface area contributed by atoms with E-state index in [1.54, 1.807) is 7.11 Å². The molecule has 2 N–H and O–H groups in total. The molecule has 11 nitrogen and oxygen atoms in total. The van der Waals surface area contributed by atoms with Gasteiger partial charge in [0.15, 0.2) is 5.82 Å². The highest BCUT2D eigenvalue weighted by atomic mass is 16.5. The fraction of sp³-hybridized carbons (Fsp3) is 0.448. The third kappa shape index (κ3) is 7.36. The third-order valence-electron chi connectivity index (χ3n) is 6.74. The Bertz CT molecular complexity index is 1330. The molecule has 214 valence electrons. The summed E-state index contributed by atoms with van der Waals surface area (Å²) < 4.78 is 7.87. The zero-order chi connectivity index (χ0) is 28.6. The van der Waals surface area contributed by atoms with Gasteiger partial charge in [-0.3, -0.25) is 4.68 Å². The first kappa shape index (κ1) is 29.0. The van der Waals surface area contributed by atoms with Crippen LogP contribution in [0.25, 0.3) is 11.4 Å². The second kappa shape index (κ2) is 13.4. The first-order valence-corrected chi connectivity index (χ1v) is 13.6. The van der Waals surface area contributed by atoms with E-state index in [0.29, 0.717) is 17.5 Å². The normalized spacial score (nSPS) is 13.1. The molecular formula is C29H42N10O. The Balaban J connectivity index is 1.64. The molecule has 0 radical (unpaired) electrons. The molecule has 0 saturated carbocycles. The second-order valence-corrected chi connectivity index (χ2v) is 10.6. The number of ether oxygens (including phenoxy) is 1. The zero-order valence-corrected chi connectivity index (χ0v) is 24.6. The monoisotopic (exact) mass is 546 g/mol. The van der Waals surface area contributed by atoms with Gasteiger partial charge in [0.2, 0.25) is 5.95 Å². The van der Waals surface area contributed by atoms with Crippen molar-refractivity contribution in [1.29, 1.82) is 0 Å². The van der Waals surface area contributed by atoms with E-state index in [1.165, 1.54) is 12.0 Å². The molecule has 3 heterocycles. The number of nitrogens with one attached hydrogen (secondary N) is 2. The van der Waals surface area contributed by atoms with Gasteiger partial charge in [-0.2, -0.15) is 10.1 Å². The standard InChI is InChI=1S/C29H42N10O/c1-21(11-10-13-36(2)3)33-23-17-24(27(40-7)18-26(23)38(6)16-15-37(4)5)34-29-31-20-30-28(35-29)22-19-32-39-14-9-8-12-25(22)39/h10-11,17-20,33H,1,8-9,12-16H2,2-7H3,(H,30,31,34,35)/b11-10+. The van der Waals surface area contributed by atoms with Gasteiger partial charge in [0.1, 0.15) is 12.1 Å². The summed E-state index contributed by atoms with van der Waals surface area (Å²) in [5.41, 5.74) is 5.54. The summed E-state index contributed by atoms with van der Waals surface area (Å²) in [5, 5.41) is 11.4. The van der Waals surface area contributed by atoms with Crippen molar-refractivity contribution < 1.29 is 4.74 Å². The van der Waals surface area contributed by atoms with Crippen LogP contribution in [0.2, 0.25) is 0 Å². The number of aryl methyl sites for hydroxylation is 1. The van der Waals surface area contributed by atoms with Gasteiger partial charge in [0.05, 0.1) is 35.9 Å². The van der Waals surface area contributed by atoms with Gasteiger partial charge in [-0.15, -0.1) is 0 Å². The van der Waals surface area contributed by atoms with Crippen LogP contribution in [0.15, 0.2) is 49.1 Å². The molecule has 1 aliphatic rings. The highest BCUT2D eigenvalue weighted by Crippen LogP contribution is 2.38. The maximum absolute atomic E-state index is 5.81. The average Bonchev–Trinajstić information content (AvgIpc) is 3.36. The first-order valence-electron chi connectivity index (χ1n) is 13.6. The summed E-state index contributed by atoms with van der Waals surface area (Å²) in [7, 11) is 12.0. The van der Waals surface area contributed by atoms with Crippen molar-refractivity contribution in [1.82, 2.24) is 34.5 Å². The van der Waals surface area contributed by atoms with E-state index >= 15 is 0 Å². The molecule has 3 aromatic rings. The van der Waals surface area contributed by atoms with Crippen LogP contribution >= 0.6 is 0 Å². The van der Waals surface area contributed by atoms with E-state index in [0.717, 1.165) is 73.8 Å². The van der Waals surface area contributed by atoms with E-state index in [2.05, 4.69) is 78.9 Å². The van der Waals surface area contributed by atoms with Crippen LogP contribution in [0.4, 0.5) is 23.0 Å². The number of hydrogen-bond donors (Lipinski definition) is 2. The molecule has 4 rings (SSSR count). The predicted molar refractivity (Wildman–Crippen MR) is 163 cm³/mol. The molecule has 0 unspecified atom stereocenters. The summed E-state index contributed by atoms with van der Waals surface area (Å²) in [5.74, 6) is 1.72. The smallest absolute Gasteiger partial charge is 0.230 e. The predicted octanol–water partition coefficient (Wildman–Crippen LogP) is 3.86. The highest BCUT2D eigenvalue weighted by Gasteiger charge is 2.19. The Morgan fingerprint density at radius 2 is 1.90 bits per heavy atom. The van der Waals surface area contributed by atoms with Gasteiger partial charge in [0, 0.05) is 50.7 Å². The van der Waals surface area contributed by atoms with Crippen molar-refractivity contribution >= 4 is 23.0 Å². The number of hydrogen-bond acceptors (Lipinski definition) is 10. The van der Waals surface area contributed by atoms with Crippen LogP contribution in [0.5, 0.6) is 5.75 Å². The Labute approximate surface area is 237 Å². The Morgan fingerprint density at radius 1 is 1.07 bits per heavy atom. The van der Waals surface area contributed by atoms with E-state index in [4.69, 9.17) is 9.72 Å². The van der Waals surface area contributed by atoms with E-state index < -0.39 is 0 Å². The van der Waals surface area contributed by atoms with Gasteiger partial charge in [-0.05, 0) is 59.6 Å². The van der Waals surface area contributed by atoms with Crippen molar-refractivity contribution in [2.45, 2.75) is 25.8 Å². The van der Waals surface area contributed by atoms with Crippen molar-refractivity contribution in [2.24, 2.45) is 0 Å². The maximum Gasteiger partial charge on any atom is 0.230 e. The molecular weight excluding hydrogens is 504 g/mol. The van der Waals surface area contributed by atoms with Crippen molar-refractivity contribution in [3.63, 3.8) is 0 Å². The summed E-state index contributed by atoms with van der Waals surface area (Å²) >= 11 is 0. The summed E-state index contributed by atoms with van der Waals surface area (Å²) in [6.45, 7) is 7.73. The molecule has 1 aliphatic heterocycles. The molecule has 40 heavy (non-hydrogen) atoms. The molecule has 1 aromatic carbocycles. The van der Waals surface area contributed by atoms with Crippen LogP contribution < -0.4 is 20.3 Å². The highest BCUT2D eigenvalue weighted by molar-refractivity contribution is 5.82. The van der Waals surface area contributed by atoms with Crippen LogP contribution in [-0.4, -0.2) is 96.5 Å². The summed E-state index contributed by atoms with van der Waals surface area (Å²) in [6.07, 6.45) is 10.7. The van der Waals surface area contributed by atoms with Gasteiger partial charge < -0.3 is 30.1 Å². The summed E-state index contributed by atoms with van der Waals surface area (Å²) in [6, 6.07) is 4.03. The van der Waals surface area contributed by atoms with E-state index in [-0.39, 0.29) is 0 Å². The minimum absolute atomic E-state index is 0.434. The number of rotatable bonds is 13. The quantitative estimate of drug-likeness (QED) is 0.308. The van der Waals surface area contributed by atoms with Crippen molar-refractivity contribution in [2.75, 3.05) is 77.5 Å². The largest absolute Gasteiger partial charge is 0.494 e. The van der Waals surface area contributed by atoms with Crippen LogP contribution in [0.3, 0.4) is 0 Å². The molecule has 11 heteroatoms. The fourth-order valence-corrected chi connectivity index (χ4v) is 4.56. The SMILES string of the molecule is C=C(/C=C/CN(C)C)Nc1cc(Nc2ncnc(-c3cnn4c3CCCC4)n2)c(OC)cc1N(C)CCN(C)C. The molecule has 2 aromatic heterocycles. The van der Waals surface area contributed by atoms with E-state index in [1.807, 2.05) is 38.5 Å². The zero-order valence-electron chi connectivity index (χ0n) is 24.6. The second-order valence-electron chi connectivity index (χ2n) is 10.6.